The van der Waals surface area contributed by atoms with E-state index in [1.165, 1.54) is 0 Å². The molecule has 3 heterocycles. The molecular formula is C7H15B2ClF9N2-. The van der Waals surface area contributed by atoms with Gasteiger partial charge in [0.1, 0.15) is 19.1 Å². The SMILES string of the molecule is CC1C[N+]2(F)CC[NH+]1CC2.F[B-](F)(F)F.F[B-](F)(F)F.[Cl-]. The van der Waals surface area contributed by atoms with Crippen LogP contribution in [0.2, 0.25) is 0 Å². The molecule has 3 fully saturated rings. The highest BCUT2D eigenvalue weighted by atomic mass is 35.5. The smallest absolute Gasteiger partial charge is 0.673 e. The number of hydrogen-bond donors (Lipinski definition) is 1. The van der Waals surface area contributed by atoms with Crippen molar-refractivity contribution in [1.29, 1.82) is 0 Å². The molecule has 0 amide bonds. The lowest BCUT2D eigenvalue weighted by Gasteiger charge is -2.43. The summed E-state index contributed by atoms with van der Waals surface area (Å²) in [4.78, 5) is 1.61. The summed E-state index contributed by atoms with van der Waals surface area (Å²) in [7, 11) is -12.0. The molecule has 1 N–H and O–H groups in total. The molecule has 2 nitrogen and oxygen atoms in total. The van der Waals surface area contributed by atoms with Crippen LogP contribution in [0.3, 0.4) is 0 Å². The van der Waals surface area contributed by atoms with Crippen molar-refractivity contribution in [3.05, 3.63) is 0 Å². The number of hydrogen-bond acceptors (Lipinski definition) is 0. The third kappa shape index (κ3) is 14.4. The maximum absolute atomic E-state index is 13.5. The van der Waals surface area contributed by atoms with Gasteiger partial charge in [0, 0.05) is 0 Å². The minimum Gasteiger partial charge on any atom is -1.00 e. The van der Waals surface area contributed by atoms with Crippen LogP contribution in [0, 0.1) is 0 Å². The molecule has 3 rings (SSSR count). The number of piperazine rings is 3. The van der Waals surface area contributed by atoms with E-state index >= 15 is 0 Å². The summed E-state index contributed by atoms with van der Waals surface area (Å²) in [6, 6.07) is 0.549. The summed E-state index contributed by atoms with van der Waals surface area (Å²) in [6.07, 6.45) is 0. The van der Waals surface area contributed by atoms with E-state index in [0.29, 0.717) is 6.04 Å². The molecule has 0 aliphatic carbocycles. The van der Waals surface area contributed by atoms with Crippen molar-refractivity contribution in [3.63, 3.8) is 0 Å². The Morgan fingerprint density at radius 3 is 1.29 bits per heavy atom. The van der Waals surface area contributed by atoms with Crippen LogP contribution in [-0.2, 0) is 0 Å². The van der Waals surface area contributed by atoms with Crippen LogP contribution in [0.25, 0.3) is 0 Å². The van der Waals surface area contributed by atoms with Crippen LogP contribution in [0.4, 0.5) is 39.0 Å². The molecule has 130 valence electrons. The van der Waals surface area contributed by atoms with Gasteiger partial charge in [0.15, 0.2) is 19.6 Å². The summed E-state index contributed by atoms with van der Waals surface area (Å²) in [5.74, 6) is 0. The molecule has 3 aliphatic rings. The number of nitrogens with zero attached hydrogens (tertiary/aromatic N) is 1. The van der Waals surface area contributed by atoms with E-state index in [1.807, 2.05) is 0 Å². The molecule has 0 spiro atoms. The van der Waals surface area contributed by atoms with Gasteiger partial charge in [0.05, 0.1) is 0 Å². The first-order valence-electron chi connectivity index (χ1n) is 5.84. The minimum absolute atomic E-state index is 0. The molecule has 1 unspecified atom stereocenters. The van der Waals surface area contributed by atoms with Gasteiger partial charge in [-0.25, -0.2) is 0 Å². The van der Waals surface area contributed by atoms with Crippen LogP contribution < -0.4 is 17.3 Å². The first-order valence-corrected chi connectivity index (χ1v) is 5.84. The standard InChI is InChI=1S/C7H14FN2.2BF4.ClH/c1-7-6-10(8)4-2-9(7)3-5-10;2*2-1(3,4)5;/h7H,2-6H2,1H3;;;1H/q+1;2*-1;. The van der Waals surface area contributed by atoms with Crippen molar-refractivity contribution in [3.8, 4) is 0 Å². The van der Waals surface area contributed by atoms with E-state index in [2.05, 4.69) is 6.92 Å². The Bertz CT molecular complexity index is 269. The zero-order valence-electron chi connectivity index (χ0n) is 11.0. The second-order valence-corrected chi connectivity index (χ2v) is 4.71. The van der Waals surface area contributed by atoms with Crippen molar-refractivity contribution in [2.75, 3.05) is 32.7 Å². The van der Waals surface area contributed by atoms with Gasteiger partial charge in [0.25, 0.3) is 0 Å². The highest BCUT2D eigenvalue weighted by molar-refractivity contribution is 6.50. The quantitative estimate of drug-likeness (QED) is 0.310. The third-order valence-electron chi connectivity index (χ3n) is 2.97. The topological polar surface area (TPSA) is 4.44 Å². The lowest BCUT2D eigenvalue weighted by molar-refractivity contribution is -1.15. The van der Waals surface area contributed by atoms with E-state index in [1.54, 1.807) is 4.90 Å². The summed E-state index contributed by atoms with van der Waals surface area (Å²) < 4.78 is 91.4. The van der Waals surface area contributed by atoms with Crippen molar-refractivity contribution >= 4 is 14.5 Å². The third-order valence-corrected chi connectivity index (χ3v) is 2.97. The van der Waals surface area contributed by atoms with Crippen molar-refractivity contribution in [2.24, 2.45) is 0 Å². The predicted molar refractivity (Wildman–Crippen MR) is 56.5 cm³/mol. The van der Waals surface area contributed by atoms with Gasteiger partial charge in [0.2, 0.25) is 0 Å². The van der Waals surface area contributed by atoms with Crippen LogP contribution in [0.15, 0.2) is 0 Å². The molecule has 14 heteroatoms. The van der Waals surface area contributed by atoms with Gasteiger partial charge < -0.3 is 51.8 Å². The molecule has 0 saturated carbocycles. The van der Waals surface area contributed by atoms with E-state index in [-0.39, 0.29) is 17.1 Å². The van der Waals surface area contributed by atoms with E-state index in [9.17, 15) is 39.0 Å². The van der Waals surface area contributed by atoms with Crippen LogP contribution in [0.1, 0.15) is 6.92 Å². The normalized spacial score (nSPS) is 31.1. The number of nitrogens with one attached hydrogen (secondary N) is 1. The number of quaternary nitrogens is 2. The van der Waals surface area contributed by atoms with E-state index < -0.39 is 14.5 Å². The molecule has 0 aromatic carbocycles. The van der Waals surface area contributed by atoms with Gasteiger partial charge >= 0.3 is 14.5 Å². The Morgan fingerprint density at radius 1 is 0.857 bits per heavy atom. The number of fused-ring (bicyclic) bond motifs is 3. The molecule has 2 bridgehead atoms. The largest absolute Gasteiger partial charge is 1.00 e. The fourth-order valence-electron chi connectivity index (χ4n) is 2.22. The second kappa shape index (κ2) is 8.37. The summed E-state index contributed by atoms with van der Waals surface area (Å²) in [6.45, 7) is 6.48. The zero-order chi connectivity index (χ0) is 16.2. The molecule has 0 aromatic rings. The molecule has 0 radical (unpaired) electrons. The zero-order valence-corrected chi connectivity index (χ0v) is 11.8. The van der Waals surface area contributed by atoms with Crippen molar-refractivity contribution < 1.29 is 61.0 Å². The molecule has 3 saturated heterocycles. The van der Waals surface area contributed by atoms with Crippen molar-refractivity contribution in [1.82, 2.24) is 0 Å². The van der Waals surface area contributed by atoms with Gasteiger partial charge in [-0.15, -0.1) is 4.71 Å². The molecule has 0 aromatic heterocycles. The maximum Gasteiger partial charge on any atom is 0.673 e. The highest BCUT2D eigenvalue weighted by Crippen LogP contribution is 2.13. The average molecular weight is 355 g/mol. The van der Waals surface area contributed by atoms with Crippen LogP contribution in [-0.4, -0.2) is 58.0 Å². The fraction of sp³-hybridized carbons (Fsp3) is 1.00. The number of halogens is 10. The fourth-order valence-corrected chi connectivity index (χ4v) is 2.22. The van der Waals surface area contributed by atoms with Gasteiger partial charge in [-0.3, -0.25) is 0 Å². The predicted octanol–water partition coefficient (Wildman–Crippen LogP) is -1.41. The molecule has 1 atom stereocenters. The lowest BCUT2D eigenvalue weighted by Crippen LogP contribution is -3.22. The van der Waals surface area contributed by atoms with Gasteiger partial charge in [-0.05, 0) is 11.4 Å². The highest BCUT2D eigenvalue weighted by Gasteiger charge is 2.47. The Balaban J connectivity index is 0. The Labute approximate surface area is 122 Å². The number of rotatable bonds is 0. The summed E-state index contributed by atoms with van der Waals surface area (Å²) in [5, 5.41) is 0. The van der Waals surface area contributed by atoms with E-state index in [0.717, 1.165) is 32.7 Å². The molecular weight excluding hydrogens is 340 g/mol. The monoisotopic (exact) mass is 355 g/mol. The van der Waals surface area contributed by atoms with Gasteiger partial charge in [-0.2, -0.15) is 0 Å². The summed E-state index contributed by atoms with van der Waals surface area (Å²) >= 11 is 0. The summed E-state index contributed by atoms with van der Waals surface area (Å²) in [5.41, 5.74) is 0. The van der Waals surface area contributed by atoms with Gasteiger partial charge in [-0.1, -0.05) is 0 Å². The average Bonchev–Trinajstić information content (AvgIpc) is 2.11. The lowest BCUT2D eigenvalue weighted by atomic mass is 10.1. The van der Waals surface area contributed by atoms with E-state index in [4.69, 9.17) is 0 Å². The molecule has 3 aliphatic heterocycles. The first kappa shape index (κ1) is 23.0. The minimum atomic E-state index is -6.00. The Kier molecular flexibility index (Phi) is 9.16. The van der Waals surface area contributed by atoms with Crippen LogP contribution in [0.5, 0.6) is 0 Å². The van der Waals surface area contributed by atoms with Crippen molar-refractivity contribution in [2.45, 2.75) is 13.0 Å². The second-order valence-electron chi connectivity index (χ2n) is 4.71. The maximum atomic E-state index is 13.5. The van der Waals surface area contributed by atoms with Crippen LogP contribution >= 0.6 is 0 Å². The Morgan fingerprint density at radius 2 is 1.14 bits per heavy atom. The first-order chi connectivity index (χ1) is 8.70. The molecule has 21 heavy (non-hydrogen) atoms. The Hall–Kier alpha value is -0.290.